The number of nitrogens with zero attached hydrogens (tertiary/aromatic N) is 5. The highest BCUT2D eigenvalue weighted by Gasteiger charge is 2.30. The van der Waals surface area contributed by atoms with E-state index in [2.05, 4.69) is 20.3 Å². The predicted octanol–water partition coefficient (Wildman–Crippen LogP) is 6.81. The average molecular weight is 600 g/mol. The number of halogens is 1. The Morgan fingerprint density at radius 1 is 0.977 bits per heavy atom. The molecule has 3 aromatic carbocycles. The zero-order chi connectivity index (χ0) is 30.0. The second-order valence-electron chi connectivity index (χ2n) is 11.1. The number of aromatic nitrogens is 4. The Labute approximate surface area is 253 Å². The van der Waals surface area contributed by atoms with Crippen molar-refractivity contribution >= 4 is 23.5 Å². The molecule has 6 rings (SSSR count). The minimum atomic E-state index is -1.32. The topological polar surface area (TPSA) is 128 Å². The number of carbonyl (C=O) groups is 1. The quantitative estimate of drug-likeness (QED) is 0.163. The van der Waals surface area contributed by atoms with E-state index in [1.165, 1.54) is 13.8 Å². The van der Waals surface area contributed by atoms with E-state index in [4.69, 9.17) is 25.4 Å². The van der Waals surface area contributed by atoms with Crippen LogP contribution in [0.2, 0.25) is 5.02 Å². The molecule has 2 heterocycles. The van der Waals surface area contributed by atoms with Gasteiger partial charge < -0.3 is 23.8 Å². The molecule has 0 spiro atoms. The standard InChI is InChI=1S/C32H30ClN5O5/c1-32(2,30(39)40)41-26-14-8-20(9-15-26)16-17-38(31-35-29(43-37-31)24-4-3-5-25(33)18-24)19-21-6-10-22(11-7-21)27-34-28(42-36-27)23-12-13-23/h3-11,14-15,18,23H,12-13,16-17,19H2,1-2H3,(H,39,40). The summed E-state index contributed by atoms with van der Waals surface area (Å²) in [5, 5.41) is 18.4. The van der Waals surface area contributed by atoms with E-state index in [9.17, 15) is 9.90 Å². The number of hydrogen-bond acceptors (Lipinski definition) is 9. The maximum Gasteiger partial charge on any atom is 0.347 e. The Kier molecular flexibility index (Phi) is 7.86. The largest absolute Gasteiger partial charge is 0.478 e. The summed E-state index contributed by atoms with van der Waals surface area (Å²) in [5.74, 6) is 2.00. The van der Waals surface area contributed by atoms with E-state index in [1.807, 2.05) is 53.4 Å². The van der Waals surface area contributed by atoms with Gasteiger partial charge in [-0.2, -0.15) is 9.97 Å². The molecular formula is C32H30ClN5O5. The highest BCUT2D eigenvalue weighted by atomic mass is 35.5. The smallest absolute Gasteiger partial charge is 0.347 e. The molecule has 1 saturated carbocycles. The fraction of sp³-hybridized carbons (Fsp3) is 0.281. The Bertz CT molecular complexity index is 1710. The number of carboxylic acids is 1. The van der Waals surface area contributed by atoms with Crippen molar-refractivity contribution < 1.29 is 23.7 Å². The van der Waals surface area contributed by atoms with Gasteiger partial charge in [0.05, 0.1) is 0 Å². The summed E-state index contributed by atoms with van der Waals surface area (Å²) >= 11 is 6.17. The third kappa shape index (κ3) is 6.86. The summed E-state index contributed by atoms with van der Waals surface area (Å²) in [6.45, 7) is 4.16. The van der Waals surface area contributed by atoms with Crippen LogP contribution in [0.3, 0.4) is 0 Å². The summed E-state index contributed by atoms with van der Waals surface area (Å²) in [4.78, 5) is 22.7. The van der Waals surface area contributed by atoms with Gasteiger partial charge in [-0.3, -0.25) is 0 Å². The van der Waals surface area contributed by atoms with Crippen LogP contribution >= 0.6 is 11.6 Å². The van der Waals surface area contributed by atoms with Crippen LogP contribution < -0.4 is 9.64 Å². The molecule has 1 N–H and O–H groups in total. The molecule has 0 unspecified atom stereocenters. The number of hydrogen-bond donors (Lipinski definition) is 1. The number of carboxylic acid groups (broad SMARTS) is 1. The molecule has 5 aromatic rings. The first-order valence-electron chi connectivity index (χ1n) is 14.0. The van der Waals surface area contributed by atoms with Gasteiger partial charge >= 0.3 is 5.97 Å². The van der Waals surface area contributed by atoms with E-state index >= 15 is 0 Å². The first-order valence-corrected chi connectivity index (χ1v) is 14.4. The molecular weight excluding hydrogens is 570 g/mol. The highest BCUT2D eigenvalue weighted by Crippen LogP contribution is 2.39. The molecule has 1 fully saturated rings. The molecule has 11 heteroatoms. The Balaban J connectivity index is 1.19. The summed E-state index contributed by atoms with van der Waals surface area (Å²) < 4.78 is 16.7. The van der Waals surface area contributed by atoms with Crippen molar-refractivity contribution in [3.05, 3.63) is 94.8 Å². The van der Waals surface area contributed by atoms with Gasteiger partial charge in [0.1, 0.15) is 5.75 Å². The van der Waals surface area contributed by atoms with Gasteiger partial charge in [0, 0.05) is 35.2 Å². The summed E-state index contributed by atoms with van der Waals surface area (Å²) in [6.07, 6.45) is 2.88. The van der Waals surface area contributed by atoms with Crippen LogP contribution in [0.5, 0.6) is 5.75 Å². The lowest BCUT2D eigenvalue weighted by molar-refractivity contribution is -0.152. The molecule has 43 heavy (non-hydrogen) atoms. The molecule has 0 amide bonds. The SMILES string of the molecule is CC(C)(Oc1ccc(CCN(Cc2ccc(-c3noc(C4CC4)n3)cc2)c2noc(-c3cccc(Cl)c3)n2)cc1)C(=O)O. The molecule has 1 aliphatic rings. The Hall–Kier alpha value is -4.70. The van der Waals surface area contributed by atoms with Crippen LogP contribution in [0.4, 0.5) is 5.95 Å². The van der Waals surface area contributed by atoms with Crippen LogP contribution in [0.25, 0.3) is 22.8 Å². The Morgan fingerprint density at radius 3 is 2.42 bits per heavy atom. The lowest BCUT2D eigenvalue weighted by Crippen LogP contribution is -2.37. The van der Waals surface area contributed by atoms with Crippen LogP contribution in [-0.4, -0.2) is 43.5 Å². The third-order valence-electron chi connectivity index (χ3n) is 7.21. The number of aliphatic carboxylic acids is 1. The van der Waals surface area contributed by atoms with Gasteiger partial charge in [0.25, 0.3) is 11.8 Å². The summed E-state index contributed by atoms with van der Waals surface area (Å²) in [6, 6.07) is 22.7. The van der Waals surface area contributed by atoms with Crippen LogP contribution in [0.15, 0.2) is 81.8 Å². The fourth-order valence-electron chi connectivity index (χ4n) is 4.49. The molecule has 0 radical (unpaired) electrons. The van der Waals surface area contributed by atoms with Gasteiger partial charge in [-0.15, -0.1) is 0 Å². The zero-order valence-corrected chi connectivity index (χ0v) is 24.5. The van der Waals surface area contributed by atoms with Crippen molar-refractivity contribution in [1.82, 2.24) is 20.3 Å². The Morgan fingerprint density at radius 2 is 1.72 bits per heavy atom. The van der Waals surface area contributed by atoms with E-state index in [-0.39, 0.29) is 0 Å². The second-order valence-corrected chi connectivity index (χ2v) is 11.5. The van der Waals surface area contributed by atoms with E-state index < -0.39 is 11.6 Å². The van der Waals surface area contributed by atoms with Crippen molar-refractivity contribution in [2.45, 2.75) is 51.2 Å². The second kappa shape index (κ2) is 11.9. The van der Waals surface area contributed by atoms with Gasteiger partial charge in [0.2, 0.25) is 11.7 Å². The van der Waals surface area contributed by atoms with Crippen molar-refractivity contribution in [1.29, 1.82) is 0 Å². The molecule has 1 aliphatic carbocycles. The molecule has 10 nitrogen and oxygen atoms in total. The molecule has 0 saturated heterocycles. The normalized spacial score (nSPS) is 13.2. The molecule has 220 valence electrons. The zero-order valence-electron chi connectivity index (χ0n) is 23.7. The van der Waals surface area contributed by atoms with Gasteiger partial charge in [-0.25, -0.2) is 4.79 Å². The maximum atomic E-state index is 11.4. The minimum absolute atomic E-state index is 0.379. The van der Waals surface area contributed by atoms with E-state index in [1.54, 1.807) is 24.3 Å². The average Bonchev–Trinajstić information content (AvgIpc) is 3.51. The lowest BCUT2D eigenvalue weighted by atomic mass is 10.1. The van der Waals surface area contributed by atoms with Crippen molar-refractivity contribution in [3.8, 4) is 28.6 Å². The van der Waals surface area contributed by atoms with Crippen molar-refractivity contribution in [2.75, 3.05) is 11.4 Å². The van der Waals surface area contributed by atoms with Crippen LogP contribution in [-0.2, 0) is 17.8 Å². The highest BCUT2D eigenvalue weighted by molar-refractivity contribution is 6.30. The van der Waals surface area contributed by atoms with Crippen LogP contribution in [0.1, 0.15) is 49.6 Å². The van der Waals surface area contributed by atoms with Gasteiger partial charge in [-0.1, -0.05) is 59.2 Å². The minimum Gasteiger partial charge on any atom is -0.478 e. The van der Waals surface area contributed by atoms with Crippen LogP contribution in [0, 0.1) is 0 Å². The fourth-order valence-corrected chi connectivity index (χ4v) is 4.68. The molecule has 0 aliphatic heterocycles. The maximum absolute atomic E-state index is 11.4. The number of benzene rings is 3. The summed E-state index contributed by atoms with van der Waals surface area (Å²) in [7, 11) is 0. The number of rotatable bonds is 12. The number of ether oxygens (including phenoxy) is 1. The van der Waals surface area contributed by atoms with E-state index in [0.717, 1.165) is 35.1 Å². The van der Waals surface area contributed by atoms with Crippen molar-refractivity contribution in [2.24, 2.45) is 0 Å². The van der Waals surface area contributed by atoms with Gasteiger partial charge in [0.15, 0.2) is 5.60 Å². The molecule has 2 aromatic heterocycles. The third-order valence-corrected chi connectivity index (χ3v) is 7.44. The number of anilines is 1. The molecule has 0 atom stereocenters. The first-order chi connectivity index (χ1) is 20.7. The summed E-state index contributed by atoms with van der Waals surface area (Å²) in [5.41, 5.74) is 2.39. The lowest BCUT2D eigenvalue weighted by Gasteiger charge is -2.22. The monoisotopic (exact) mass is 599 g/mol. The van der Waals surface area contributed by atoms with E-state index in [0.29, 0.717) is 59.8 Å². The molecule has 0 bridgehead atoms. The van der Waals surface area contributed by atoms with Gasteiger partial charge in [-0.05, 0) is 79.7 Å². The first kappa shape index (κ1) is 28.4. The predicted molar refractivity (Wildman–Crippen MR) is 160 cm³/mol. The van der Waals surface area contributed by atoms with Crippen molar-refractivity contribution in [3.63, 3.8) is 0 Å².